The molecule has 0 saturated carbocycles. The minimum Gasteiger partial charge on any atom is -0.501 e. The Hall–Kier alpha value is -0.480. The highest BCUT2D eigenvalue weighted by atomic mass is 32.1. The van der Waals surface area contributed by atoms with E-state index < -0.39 is 6.04 Å². The van der Waals surface area contributed by atoms with Crippen LogP contribution in [0.15, 0.2) is 0 Å². The summed E-state index contributed by atoms with van der Waals surface area (Å²) in [5, 5.41) is 8.54. The van der Waals surface area contributed by atoms with Crippen molar-refractivity contribution in [2.24, 2.45) is 5.73 Å². The Bertz CT molecular complexity index is 159. The zero-order valence-corrected chi connectivity index (χ0v) is 7.36. The van der Waals surface area contributed by atoms with Crippen LogP contribution in [0.25, 0.3) is 0 Å². The predicted octanol–water partition coefficient (Wildman–Crippen LogP) is 0.958. The van der Waals surface area contributed by atoms with Crippen molar-refractivity contribution < 1.29 is 9.90 Å². The molecular weight excluding hydrogens is 162 g/mol. The summed E-state index contributed by atoms with van der Waals surface area (Å²) in [4.78, 5) is 10.5. The van der Waals surface area contributed by atoms with Gasteiger partial charge in [-0.1, -0.05) is 0 Å². The van der Waals surface area contributed by atoms with E-state index in [1.54, 1.807) is 0 Å². The topological polar surface area (TPSA) is 63.3 Å². The van der Waals surface area contributed by atoms with Crippen molar-refractivity contribution in [1.29, 1.82) is 0 Å². The van der Waals surface area contributed by atoms with E-state index in [1.807, 2.05) is 0 Å². The smallest absolute Gasteiger partial charge is 0.173 e. The summed E-state index contributed by atoms with van der Waals surface area (Å²) >= 11 is 4.44. The Kier molecular flexibility index (Phi) is 4.98. The molecule has 0 aromatic carbocycles. The zero-order valence-electron chi connectivity index (χ0n) is 6.54. The van der Waals surface area contributed by atoms with Crippen LogP contribution in [0.4, 0.5) is 0 Å². The lowest BCUT2D eigenvalue weighted by Gasteiger charge is -2.05. The van der Waals surface area contributed by atoms with Crippen molar-refractivity contribution in [2.45, 2.75) is 32.2 Å². The normalized spacial score (nSPS) is 12.5. The molecule has 0 rings (SSSR count). The van der Waals surface area contributed by atoms with Gasteiger partial charge in [-0.15, -0.1) is 0 Å². The van der Waals surface area contributed by atoms with Crippen LogP contribution in [0.2, 0.25) is 0 Å². The van der Waals surface area contributed by atoms with Gasteiger partial charge >= 0.3 is 0 Å². The SMILES string of the molecule is CC(=O)CCCC(N)C(O)=S. The molecular formula is C7H13NO2S. The first-order chi connectivity index (χ1) is 5.04. The minimum absolute atomic E-state index is 0.140. The summed E-state index contributed by atoms with van der Waals surface area (Å²) in [7, 11) is 0. The third-order valence-electron chi connectivity index (χ3n) is 1.36. The second-order valence-electron chi connectivity index (χ2n) is 2.54. The summed E-state index contributed by atoms with van der Waals surface area (Å²) in [5.74, 6) is 0.140. The van der Waals surface area contributed by atoms with Gasteiger partial charge in [0.15, 0.2) is 5.05 Å². The highest BCUT2D eigenvalue weighted by Crippen LogP contribution is 2.00. The predicted molar refractivity (Wildman–Crippen MR) is 47.7 cm³/mol. The van der Waals surface area contributed by atoms with Gasteiger partial charge in [-0.25, -0.2) is 0 Å². The van der Waals surface area contributed by atoms with Crippen LogP contribution in [0.5, 0.6) is 0 Å². The first-order valence-electron chi connectivity index (χ1n) is 3.52. The minimum atomic E-state index is -0.454. The van der Waals surface area contributed by atoms with Crippen molar-refractivity contribution >= 4 is 23.1 Å². The molecule has 0 spiro atoms. The summed E-state index contributed by atoms with van der Waals surface area (Å²) in [6, 6.07) is -0.454. The molecule has 64 valence electrons. The lowest BCUT2D eigenvalue weighted by Crippen LogP contribution is -2.28. The lowest BCUT2D eigenvalue weighted by atomic mass is 10.1. The number of rotatable bonds is 5. The Morgan fingerprint density at radius 1 is 1.73 bits per heavy atom. The second kappa shape index (κ2) is 5.21. The Morgan fingerprint density at radius 3 is 2.64 bits per heavy atom. The largest absolute Gasteiger partial charge is 0.501 e. The van der Waals surface area contributed by atoms with Crippen LogP contribution >= 0.6 is 12.2 Å². The molecule has 0 saturated heterocycles. The maximum atomic E-state index is 10.5. The molecule has 0 aromatic heterocycles. The molecule has 0 aromatic rings. The van der Waals surface area contributed by atoms with Crippen LogP contribution in [0, 0.1) is 0 Å². The molecule has 0 heterocycles. The summed E-state index contributed by atoms with van der Waals surface area (Å²) < 4.78 is 0. The molecule has 0 aliphatic heterocycles. The molecule has 11 heavy (non-hydrogen) atoms. The van der Waals surface area contributed by atoms with Gasteiger partial charge in [0.1, 0.15) is 5.78 Å². The Labute approximate surface area is 71.6 Å². The molecule has 0 bridgehead atoms. The summed E-state index contributed by atoms with van der Waals surface area (Å²) in [6.45, 7) is 1.53. The van der Waals surface area contributed by atoms with Crippen molar-refractivity contribution in [3.63, 3.8) is 0 Å². The van der Waals surface area contributed by atoms with Gasteiger partial charge in [0.2, 0.25) is 0 Å². The number of Topliss-reactive ketones (excluding diaryl/α,β-unsaturated/α-hetero) is 1. The van der Waals surface area contributed by atoms with E-state index in [2.05, 4.69) is 12.2 Å². The highest BCUT2D eigenvalue weighted by Gasteiger charge is 2.06. The Morgan fingerprint density at radius 2 is 2.27 bits per heavy atom. The third-order valence-corrected chi connectivity index (χ3v) is 1.66. The van der Waals surface area contributed by atoms with Gasteiger partial charge in [0.25, 0.3) is 0 Å². The summed E-state index contributed by atoms with van der Waals surface area (Å²) in [5.41, 5.74) is 5.40. The average Bonchev–Trinajstić information content (AvgIpc) is 1.86. The molecule has 1 atom stereocenters. The maximum Gasteiger partial charge on any atom is 0.173 e. The molecule has 3 nitrogen and oxygen atoms in total. The standard InChI is InChI=1S/C7H13NO2S/c1-5(9)3-2-4-6(8)7(10)11/h6H,2-4,8H2,1H3,(H,10,11). The van der Waals surface area contributed by atoms with Crippen LogP contribution in [0.3, 0.4) is 0 Å². The maximum absolute atomic E-state index is 10.5. The lowest BCUT2D eigenvalue weighted by molar-refractivity contribution is -0.117. The van der Waals surface area contributed by atoms with Gasteiger partial charge in [-0.2, -0.15) is 0 Å². The number of aliphatic hydroxyl groups excluding tert-OH is 1. The van der Waals surface area contributed by atoms with E-state index in [0.29, 0.717) is 19.3 Å². The third kappa shape index (κ3) is 5.94. The molecule has 0 fully saturated rings. The monoisotopic (exact) mass is 175 g/mol. The van der Waals surface area contributed by atoms with Gasteiger partial charge in [-0.3, -0.25) is 0 Å². The number of ketones is 1. The molecule has 0 amide bonds. The van der Waals surface area contributed by atoms with Crippen LogP contribution < -0.4 is 5.73 Å². The molecule has 0 aliphatic carbocycles. The number of thiocarbonyl (C=S) groups is 1. The van der Waals surface area contributed by atoms with Crippen molar-refractivity contribution in [3.8, 4) is 0 Å². The van der Waals surface area contributed by atoms with E-state index in [4.69, 9.17) is 10.8 Å². The number of hydrogen-bond donors (Lipinski definition) is 2. The van der Waals surface area contributed by atoms with Crippen LogP contribution in [0.1, 0.15) is 26.2 Å². The zero-order chi connectivity index (χ0) is 8.85. The molecule has 0 radical (unpaired) electrons. The van der Waals surface area contributed by atoms with Gasteiger partial charge < -0.3 is 15.6 Å². The van der Waals surface area contributed by atoms with Crippen LogP contribution in [-0.4, -0.2) is 22.0 Å². The van der Waals surface area contributed by atoms with Crippen LogP contribution in [-0.2, 0) is 4.79 Å². The first-order valence-corrected chi connectivity index (χ1v) is 3.92. The molecule has 0 aliphatic rings. The number of nitrogens with two attached hydrogens (primary N) is 1. The fourth-order valence-corrected chi connectivity index (χ4v) is 0.812. The fourth-order valence-electron chi connectivity index (χ4n) is 0.694. The summed E-state index contributed by atoms with van der Waals surface area (Å²) in [6.07, 6.45) is 1.78. The van der Waals surface area contributed by atoms with Gasteiger partial charge in [0, 0.05) is 6.42 Å². The number of carbonyl (C=O) groups excluding carboxylic acids is 1. The number of aliphatic hydroxyl groups is 1. The number of carbonyl (C=O) groups is 1. The second-order valence-corrected chi connectivity index (χ2v) is 2.96. The van der Waals surface area contributed by atoms with Crippen molar-refractivity contribution in [2.75, 3.05) is 0 Å². The molecule has 4 heteroatoms. The Balaban J connectivity index is 3.39. The van der Waals surface area contributed by atoms with E-state index >= 15 is 0 Å². The van der Waals surface area contributed by atoms with Crippen molar-refractivity contribution in [1.82, 2.24) is 0 Å². The van der Waals surface area contributed by atoms with Crippen molar-refractivity contribution in [3.05, 3.63) is 0 Å². The highest BCUT2D eigenvalue weighted by molar-refractivity contribution is 7.80. The molecule has 1 unspecified atom stereocenters. The fraction of sp³-hybridized carbons (Fsp3) is 0.714. The van der Waals surface area contributed by atoms with E-state index in [0.717, 1.165) is 0 Å². The van der Waals surface area contributed by atoms with E-state index in [9.17, 15) is 4.79 Å². The average molecular weight is 175 g/mol. The van der Waals surface area contributed by atoms with Gasteiger partial charge in [-0.05, 0) is 32.0 Å². The molecule has 3 N–H and O–H groups in total. The van der Waals surface area contributed by atoms with Gasteiger partial charge in [0.05, 0.1) is 6.04 Å². The quantitative estimate of drug-likeness (QED) is 0.611. The first kappa shape index (κ1) is 10.5. The number of hydrogen-bond acceptors (Lipinski definition) is 3. The van der Waals surface area contributed by atoms with E-state index in [1.165, 1.54) is 6.92 Å². The van der Waals surface area contributed by atoms with E-state index in [-0.39, 0.29) is 10.8 Å².